The molecule has 0 spiro atoms. The fourth-order valence-electron chi connectivity index (χ4n) is 1.54. The van der Waals surface area contributed by atoms with Crippen molar-refractivity contribution in [2.75, 3.05) is 0 Å². The highest BCUT2D eigenvalue weighted by molar-refractivity contribution is 5.89. The van der Waals surface area contributed by atoms with Gasteiger partial charge in [0.25, 0.3) is 5.69 Å². The van der Waals surface area contributed by atoms with Crippen LogP contribution in [0.5, 0.6) is 5.75 Å². The number of aromatic hydroxyl groups is 1. The van der Waals surface area contributed by atoms with E-state index in [1.807, 2.05) is 0 Å². The topological polar surface area (TPSA) is 139 Å². The summed E-state index contributed by atoms with van der Waals surface area (Å²) < 4.78 is 0. The second-order valence-electron chi connectivity index (χ2n) is 3.40. The van der Waals surface area contributed by atoms with E-state index in [1.54, 1.807) is 0 Å². The van der Waals surface area contributed by atoms with Crippen molar-refractivity contribution < 1.29 is 15.0 Å². The standard InChI is InChI=1S/C9H5N3O6/c13-8-5-2-1-4(11(15)16)3-6(5)10-9(14)7(8)12(17)18/h1-3H,(H2,10,13,14). The molecule has 1 aromatic carbocycles. The zero-order chi connectivity index (χ0) is 13.4. The van der Waals surface area contributed by atoms with Crippen molar-refractivity contribution in [3.8, 4) is 5.75 Å². The molecule has 0 saturated carbocycles. The van der Waals surface area contributed by atoms with Crippen molar-refractivity contribution in [1.29, 1.82) is 0 Å². The van der Waals surface area contributed by atoms with Crippen LogP contribution in [0.4, 0.5) is 11.4 Å². The first kappa shape index (κ1) is 11.5. The number of rotatable bonds is 2. The smallest absolute Gasteiger partial charge is 0.375 e. The lowest BCUT2D eigenvalue weighted by Crippen LogP contribution is -2.11. The summed E-state index contributed by atoms with van der Waals surface area (Å²) in [6.45, 7) is 0. The number of fused-ring (bicyclic) bond motifs is 1. The molecule has 18 heavy (non-hydrogen) atoms. The first-order valence-corrected chi connectivity index (χ1v) is 4.59. The SMILES string of the molecule is O=c1[nH]c2cc([N+](=O)[O-])ccc2c(O)c1[N+](=O)[O-]. The lowest BCUT2D eigenvalue weighted by atomic mass is 10.1. The number of nitrogens with one attached hydrogen (secondary N) is 1. The Morgan fingerprint density at radius 1 is 1.17 bits per heavy atom. The highest BCUT2D eigenvalue weighted by Gasteiger charge is 2.23. The first-order chi connectivity index (χ1) is 8.41. The summed E-state index contributed by atoms with van der Waals surface area (Å²) >= 11 is 0. The van der Waals surface area contributed by atoms with Crippen LogP contribution in [0.15, 0.2) is 23.0 Å². The molecule has 9 heteroatoms. The number of nitro benzene ring substituents is 1. The zero-order valence-electron chi connectivity index (χ0n) is 8.61. The number of benzene rings is 1. The average Bonchev–Trinajstić information content (AvgIpc) is 2.27. The van der Waals surface area contributed by atoms with Crippen molar-refractivity contribution in [2.45, 2.75) is 0 Å². The number of nitro groups is 2. The number of nitrogens with zero attached hydrogens (tertiary/aromatic N) is 2. The summed E-state index contributed by atoms with van der Waals surface area (Å²) in [6, 6.07) is 3.22. The van der Waals surface area contributed by atoms with Gasteiger partial charge in [0, 0.05) is 17.5 Å². The van der Waals surface area contributed by atoms with Crippen LogP contribution < -0.4 is 5.56 Å². The highest BCUT2D eigenvalue weighted by atomic mass is 16.6. The van der Waals surface area contributed by atoms with Crippen molar-refractivity contribution >= 4 is 22.3 Å². The fraction of sp³-hybridized carbons (Fsp3) is 0. The highest BCUT2D eigenvalue weighted by Crippen LogP contribution is 2.31. The number of aromatic nitrogens is 1. The first-order valence-electron chi connectivity index (χ1n) is 4.59. The molecule has 0 fully saturated rings. The van der Waals surface area contributed by atoms with E-state index in [1.165, 1.54) is 0 Å². The molecule has 0 aliphatic rings. The maximum absolute atomic E-state index is 11.3. The normalized spacial score (nSPS) is 10.4. The van der Waals surface area contributed by atoms with E-state index in [-0.39, 0.29) is 16.6 Å². The number of hydrogen-bond acceptors (Lipinski definition) is 6. The van der Waals surface area contributed by atoms with E-state index in [0.29, 0.717) is 0 Å². The predicted molar refractivity (Wildman–Crippen MR) is 59.5 cm³/mol. The molecule has 0 unspecified atom stereocenters. The number of H-pyrrole nitrogens is 1. The Labute approximate surface area is 97.6 Å². The third-order valence-electron chi connectivity index (χ3n) is 2.34. The molecular formula is C9H5N3O6. The van der Waals surface area contributed by atoms with E-state index in [9.17, 15) is 30.1 Å². The van der Waals surface area contributed by atoms with Gasteiger partial charge in [-0.1, -0.05) is 0 Å². The Balaban J connectivity index is 2.86. The van der Waals surface area contributed by atoms with Gasteiger partial charge in [-0.05, 0) is 6.07 Å². The Hall–Kier alpha value is -2.97. The molecule has 0 saturated heterocycles. The molecular weight excluding hydrogens is 246 g/mol. The maximum Gasteiger partial charge on any atom is 0.375 e. The van der Waals surface area contributed by atoms with Gasteiger partial charge in [-0.25, -0.2) is 0 Å². The molecule has 1 aromatic heterocycles. The third kappa shape index (κ3) is 1.63. The van der Waals surface area contributed by atoms with Crippen LogP contribution >= 0.6 is 0 Å². The monoisotopic (exact) mass is 251 g/mol. The molecule has 0 atom stereocenters. The minimum atomic E-state index is -1.12. The van der Waals surface area contributed by atoms with Gasteiger partial charge >= 0.3 is 11.2 Å². The Bertz CT molecular complexity index is 735. The summed E-state index contributed by atoms with van der Waals surface area (Å²) in [7, 11) is 0. The van der Waals surface area contributed by atoms with Gasteiger partial charge in [-0.3, -0.25) is 25.0 Å². The minimum Gasteiger partial charge on any atom is -0.501 e. The molecule has 0 aliphatic heterocycles. The van der Waals surface area contributed by atoms with E-state index in [4.69, 9.17) is 0 Å². The summed E-state index contributed by atoms with van der Waals surface area (Å²) in [5, 5.41) is 30.7. The molecule has 9 nitrogen and oxygen atoms in total. The molecule has 2 rings (SSSR count). The second-order valence-corrected chi connectivity index (χ2v) is 3.40. The Kier molecular flexibility index (Phi) is 2.43. The molecule has 2 N–H and O–H groups in total. The molecule has 1 heterocycles. The lowest BCUT2D eigenvalue weighted by molar-refractivity contribution is -0.387. The van der Waals surface area contributed by atoms with E-state index in [2.05, 4.69) is 4.98 Å². The molecule has 0 radical (unpaired) electrons. The van der Waals surface area contributed by atoms with Crippen LogP contribution in [0.2, 0.25) is 0 Å². The van der Waals surface area contributed by atoms with E-state index < -0.39 is 26.8 Å². The number of pyridine rings is 1. The van der Waals surface area contributed by atoms with Crippen LogP contribution in [0.25, 0.3) is 10.9 Å². The predicted octanol–water partition coefficient (Wildman–Crippen LogP) is 1.05. The number of aromatic amines is 1. The molecule has 0 amide bonds. The van der Waals surface area contributed by atoms with Crippen molar-refractivity contribution in [2.24, 2.45) is 0 Å². The minimum absolute atomic E-state index is 0.0353. The molecule has 2 aromatic rings. The van der Waals surface area contributed by atoms with Gasteiger partial charge in [-0.2, -0.15) is 0 Å². The van der Waals surface area contributed by atoms with Crippen LogP contribution in [-0.4, -0.2) is 19.9 Å². The maximum atomic E-state index is 11.3. The average molecular weight is 251 g/mol. The molecule has 0 aliphatic carbocycles. The van der Waals surface area contributed by atoms with Gasteiger partial charge in [0.2, 0.25) is 5.75 Å². The summed E-state index contributed by atoms with van der Waals surface area (Å²) in [5.41, 5.74) is -2.45. The second kappa shape index (κ2) is 3.80. The Morgan fingerprint density at radius 2 is 1.83 bits per heavy atom. The van der Waals surface area contributed by atoms with Crippen LogP contribution in [0.3, 0.4) is 0 Å². The summed E-state index contributed by atoms with van der Waals surface area (Å²) in [5.74, 6) is -0.811. The summed E-state index contributed by atoms with van der Waals surface area (Å²) in [4.78, 5) is 32.9. The van der Waals surface area contributed by atoms with Crippen LogP contribution in [-0.2, 0) is 0 Å². The number of non-ortho nitro benzene ring substituents is 1. The molecule has 92 valence electrons. The van der Waals surface area contributed by atoms with Gasteiger partial charge in [0.15, 0.2) is 0 Å². The van der Waals surface area contributed by atoms with Crippen molar-refractivity contribution in [3.05, 3.63) is 48.8 Å². The molecule has 0 bridgehead atoms. The Morgan fingerprint density at radius 3 is 2.39 bits per heavy atom. The van der Waals surface area contributed by atoms with E-state index >= 15 is 0 Å². The number of hydrogen-bond donors (Lipinski definition) is 2. The van der Waals surface area contributed by atoms with Gasteiger partial charge in [0.1, 0.15) is 0 Å². The quantitative estimate of drug-likeness (QED) is 0.603. The zero-order valence-corrected chi connectivity index (χ0v) is 8.61. The van der Waals surface area contributed by atoms with E-state index in [0.717, 1.165) is 18.2 Å². The van der Waals surface area contributed by atoms with Gasteiger partial charge in [0.05, 0.1) is 15.4 Å². The van der Waals surface area contributed by atoms with Crippen LogP contribution in [0, 0.1) is 20.2 Å². The lowest BCUT2D eigenvalue weighted by Gasteiger charge is -2.01. The fourth-order valence-corrected chi connectivity index (χ4v) is 1.54. The van der Waals surface area contributed by atoms with Crippen molar-refractivity contribution in [3.63, 3.8) is 0 Å². The summed E-state index contributed by atoms with van der Waals surface area (Å²) in [6.07, 6.45) is 0. The van der Waals surface area contributed by atoms with Crippen molar-refractivity contribution in [1.82, 2.24) is 4.98 Å². The van der Waals surface area contributed by atoms with Crippen LogP contribution in [0.1, 0.15) is 0 Å². The third-order valence-corrected chi connectivity index (χ3v) is 2.34. The van der Waals surface area contributed by atoms with Gasteiger partial charge < -0.3 is 10.1 Å². The van der Waals surface area contributed by atoms with Gasteiger partial charge in [-0.15, -0.1) is 0 Å². The largest absolute Gasteiger partial charge is 0.501 e.